The third kappa shape index (κ3) is 7.79. The number of nitrogens with zero attached hydrogens (tertiary/aromatic N) is 4. The minimum atomic E-state index is 0.519. The fraction of sp³-hybridized carbons (Fsp3) is 0.575. The van der Waals surface area contributed by atoms with E-state index < -0.39 is 0 Å². The molecule has 0 atom stereocenters. The fourth-order valence-electron chi connectivity index (χ4n) is 8.00. The maximum atomic E-state index is 5.06. The van der Waals surface area contributed by atoms with Crippen LogP contribution in [0.1, 0.15) is 119 Å². The van der Waals surface area contributed by atoms with Gasteiger partial charge >= 0.3 is 0 Å². The summed E-state index contributed by atoms with van der Waals surface area (Å²) in [5.74, 6) is 4.29. The molecule has 0 aromatic carbocycles. The quantitative estimate of drug-likeness (QED) is 0.247. The predicted octanol–water partition coefficient (Wildman–Crippen LogP) is 9.56. The highest BCUT2D eigenvalue weighted by molar-refractivity contribution is 5.98. The molecule has 0 bridgehead atoms. The van der Waals surface area contributed by atoms with Gasteiger partial charge in [-0.1, -0.05) is 32.2 Å². The Morgan fingerprint density at radius 1 is 0.933 bits per heavy atom. The van der Waals surface area contributed by atoms with Crippen LogP contribution in [0.2, 0.25) is 0 Å². The van der Waals surface area contributed by atoms with Crippen LogP contribution in [0, 0.1) is 30.6 Å². The number of pyridine rings is 2. The van der Waals surface area contributed by atoms with Crippen LogP contribution in [0.3, 0.4) is 0 Å². The molecular formula is C40H55N5. The van der Waals surface area contributed by atoms with E-state index in [2.05, 4.69) is 61.0 Å². The molecule has 0 unspecified atom stereocenters. The molecule has 3 saturated carbocycles. The summed E-state index contributed by atoms with van der Waals surface area (Å²) in [5, 5.41) is 3.22. The molecule has 0 amide bonds. The minimum absolute atomic E-state index is 0.519. The summed E-state index contributed by atoms with van der Waals surface area (Å²) >= 11 is 0. The Kier molecular flexibility index (Phi) is 10.2. The number of hydrogen-bond acceptors (Lipinski definition) is 5. The molecule has 1 aliphatic heterocycles. The first kappa shape index (κ1) is 31.8. The second-order valence-corrected chi connectivity index (χ2v) is 14.3. The van der Waals surface area contributed by atoms with Gasteiger partial charge in [-0.2, -0.15) is 0 Å². The van der Waals surface area contributed by atoms with Gasteiger partial charge in [-0.3, -0.25) is 9.98 Å². The number of allylic oxidation sites excluding steroid dienone is 3. The van der Waals surface area contributed by atoms with Gasteiger partial charge in [0.1, 0.15) is 5.82 Å². The molecule has 240 valence electrons. The zero-order valence-electron chi connectivity index (χ0n) is 28.2. The van der Waals surface area contributed by atoms with Gasteiger partial charge in [-0.15, -0.1) is 0 Å². The first-order chi connectivity index (χ1) is 21.9. The number of aromatic nitrogens is 2. The smallest absolute Gasteiger partial charge is 0.133 e. The average Bonchev–Trinajstić information content (AvgIpc) is 3.82. The molecule has 2 aromatic rings. The van der Waals surface area contributed by atoms with Crippen molar-refractivity contribution in [1.82, 2.24) is 15.3 Å². The summed E-state index contributed by atoms with van der Waals surface area (Å²) in [4.78, 5) is 17.6. The van der Waals surface area contributed by atoms with E-state index in [1.54, 1.807) is 0 Å². The molecule has 3 aliphatic carbocycles. The summed E-state index contributed by atoms with van der Waals surface area (Å²) in [5.41, 5.74) is 10.0. The fourth-order valence-corrected chi connectivity index (χ4v) is 8.00. The Morgan fingerprint density at radius 3 is 2.36 bits per heavy atom. The number of aliphatic imine (C=N–C) groups is 1. The summed E-state index contributed by atoms with van der Waals surface area (Å²) in [6, 6.07) is 9.03. The van der Waals surface area contributed by atoms with E-state index in [9.17, 15) is 0 Å². The molecule has 2 aromatic heterocycles. The lowest BCUT2D eigenvalue weighted by Crippen LogP contribution is -2.35. The number of nitrogens with one attached hydrogen (secondary N) is 1. The Balaban J connectivity index is 1.15. The molecule has 3 fully saturated rings. The van der Waals surface area contributed by atoms with E-state index in [4.69, 9.17) is 21.5 Å². The van der Waals surface area contributed by atoms with Crippen LogP contribution in [0.25, 0.3) is 5.70 Å². The molecule has 0 saturated heterocycles. The Hall–Kier alpha value is -3.21. The lowest BCUT2D eigenvalue weighted by molar-refractivity contribution is 0.279. The van der Waals surface area contributed by atoms with Gasteiger partial charge in [0.15, 0.2) is 0 Å². The van der Waals surface area contributed by atoms with Crippen LogP contribution in [-0.4, -0.2) is 29.3 Å². The van der Waals surface area contributed by atoms with Crippen molar-refractivity contribution in [3.8, 4) is 0 Å². The molecular weight excluding hydrogens is 550 g/mol. The van der Waals surface area contributed by atoms with Crippen LogP contribution in [0.5, 0.6) is 0 Å². The van der Waals surface area contributed by atoms with Gasteiger partial charge in [-0.05, 0) is 138 Å². The third-order valence-corrected chi connectivity index (χ3v) is 11.3. The van der Waals surface area contributed by atoms with Crippen LogP contribution >= 0.6 is 0 Å². The highest BCUT2D eigenvalue weighted by Crippen LogP contribution is 2.41. The predicted molar refractivity (Wildman–Crippen MR) is 189 cm³/mol. The summed E-state index contributed by atoms with van der Waals surface area (Å²) in [6.07, 6.45) is 21.2. The molecule has 5 heteroatoms. The number of aryl methyl sites for hydroxylation is 2. The summed E-state index contributed by atoms with van der Waals surface area (Å²) < 4.78 is 0. The third-order valence-electron chi connectivity index (χ3n) is 11.3. The van der Waals surface area contributed by atoms with Gasteiger partial charge in [0.05, 0.1) is 5.70 Å². The molecule has 3 heterocycles. The van der Waals surface area contributed by atoms with E-state index in [-0.39, 0.29) is 0 Å². The topological polar surface area (TPSA) is 53.4 Å². The molecule has 1 N–H and O–H groups in total. The normalized spacial score (nSPS) is 25.0. The Bertz CT molecular complexity index is 1420. The second-order valence-electron chi connectivity index (χ2n) is 14.3. The number of rotatable bonds is 13. The van der Waals surface area contributed by atoms with Crippen molar-refractivity contribution in [3.05, 3.63) is 83.6 Å². The first-order valence-electron chi connectivity index (χ1n) is 17.9. The van der Waals surface area contributed by atoms with Crippen molar-refractivity contribution < 1.29 is 0 Å². The van der Waals surface area contributed by atoms with E-state index in [1.807, 2.05) is 13.2 Å². The van der Waals surface area contributed by atoms with Crippen molar-refractivity contribution in [1.29, 1.82) is 0 Å². The van der Waals surface area contributed by atoms with Crippen molar-refractivity contribution in [2.75, 3.05) is 18.5 Å². The van der Waals surface area contributed by atoms with Crippen molar-refractivity contribution in [2.45, 2.75) is 110 Å². The van der Waals surface area contributed by atoms with E-state index >= 15 is 0 Å². The SMILES string of the molecule is C=C(CCC1CCC(C(=C)N(CC2CCC(c3ccc(CC)c(C)n3)CC2)c2cc(C3=CCC(C4CC4)=N3)ccn2)CC1)NC. The summed E-state index contributed by atoms with van der Waals surface area (Å²) in [6.45, 7) is 14.3. The first-order valence-corrected chi connectivity index (χ1v) is 17.9. The summed E-state index contributed by atoms with van der Waals surface area (Å²) in [7, 11) is 1.98. The number of anilines is 1. The molecule has 5 nitrogen and oxygen atoms in total. The highest BCUT2D eigenvalue weighted by atomic mass is 15.2. The molecule has 45 heavy (non-hydrogen) atoms. The maximum Gasteiger partial charge on any atom is 0.133 e. The van der Waals surface area contributed by atoms with Crippen LogP contribution < -0.4 is 10.2 Å². The van der Waals surface area contributed by atoms with Gasteiger partial charge in [0, 0.05) is 66.2 Å². The minimum Gasteiger partial charge on any atom is -0.392 e. The largest absolute Gasteiger partial charge is 0.392 e. The van der Waals surface area contributed by atoms with Gasteiger partial charge < -0.3 is 10.2 Å². The molecule has 0 radical (unpaired) electrons. The number of hydrogen-bond donors (Lipinski definition) is 1. The zero-order chi connectivity index (χ0) is 31.3. The van der Waals surface area contributed by atoms with Crippen LogP contribution in [0.4, 0.5) is 5.82 Å². The Labute approximate surface area is 272 Å². The highest BCUT2D eigenvalue weighted by Gasteiger charge is 2.32. The lowest BCUT2D eigenvalue weighted by atomic mass is 9.77. The van der Waals surface area contributed by atoms with Crippen LogP contribution in [-0.2, 0) is 6.42 Å². The monoisotopic (exact) mass is 605 g/mol. The van der Waals surface area contributed by atoms with E-state index in [1.165, 1.54) is 105 Å². The van der Waals surface area contributed by atoms with E-state index in [0.717, 1.165) is 54.9 Å². The van der Waals surface area contributed by atoms with Crippen molar-refractivity contribution >= 4 is 17.2 Å². The van der Waals surface area contributed by atoms with Gasteiger partial charge in [0.25, 0.3) is 0 Å². The van der Waals surface area contributed by atoms with Crippen LogP contribution in [0.15, 0.2) is 66.1 Å². The Morgan fingerprint density at radius 2 is 1.67 bits per heavy atom. The second kappa shape index (κ2) is 14.5. The average molecular weight is 606 g/mol. The maximum absolute atomic E-state index is 5.06. The molecule has 6 rings (SSSR count). The standard InChI is InChI=1S/C40H55N5/c1-6-32-19-20-37(43-28(32)3)34-15-11-31(12-16-34)26-45(29(4)33-13-9-30(10-14-33)8-7-27(2)41-5)40-25-36(23-24-42-40)39-22-21-38(44-39)35-17-18-35/h19-20,22-25,30-31,33-35,41H,2,4,6-18,21,26H2,1,3,5H3. The van der Waals surface area contributed by atoms with Crippen molar-refractivity contribution in [3.63, 3.8) is 0 Å². The zero-order valence-corrected chi connectivity index (χ0v) is 28.2. The van der Waals surface area contributed by atoms with Gasteiger partial charge in [-0.25, -0.2) is 4.98 Å². The lowest BCUT2D eigenvalue weighted by Gasteiger charge is -2.38. The van der Waals surface area contributed by atoms with Gasteiger partial charge in [0.2, 0.25) is 0 Å². The van der Waals surface area contributed by atoms with Crippen molar-refractivity contribution in [2.24, 2.45) is 28.7 Å². The van der Waals surface area contributed by atoms with E-state index in [0.29, 0.717) is 17.8 Å². The molecule has 0 spiro atoms. The molecule has 4 aliphatic rings.